The number of nitrogens with zero attached hydrogens (tertiary/aromatic N) is 1. The highest BCUT2D eigenvalue weighted by molar-refractivity contribution is 5.82. The quantitative estimate of drug-likeness (QED) is 0.583. The summed E-state index contributed by atoms with van der Waals surface area (Å²) in [6.45, 7) is 0. The molecule has 1 radical (unpaired) electrons. The van der Waals surface area contributed by atoms with Gasteiger partial charge < -0.3 is 8.94 Å². The number of hydrogen-bond donors (Lipinski definition) is 0. The summed E-state index contributed by atoms with van der Waals surface area (Å²) in [5.74, 6) is 0.729. The Kier molecular flexibility index (Phi) is 1.44. The normalized spacial score (nSPS) is 10.9. The van der Waals surface area contributed by atoms with Crippen molar-refractivity contribution in [3.05, 3.63) is 42.8 Å². The van der Waals surface area contributed by atoms with Crippen molar-refractivity contribution in [3.63, 3.8) is 0 Å². The molecule has 14 heavy (non-hydrogen) atoms. The van der Waals surface area contributed by atoms with Gasteiger partial charge in [0.2, 0.25) is 0 Å². The van der Waals surface area contributed by atoms with Crippen LogP contribution in [-0.2, 0) is 0 Å². The van der Waals surface area contributed by atoms with Crippen molar-refractivity contribution < 1.29 is 8.94 Å². The second-order valence-electron chi connectivity index (χ2n) is 2.99. The first-order chi connectivity index (χ1) is 6.93. The van der Waals surface area contributed by atoms with Gasteiger partial charge in [-0.05, 0) is 12.1 Å². The van der Waals surface area contributed by atoms with Crippen LogP contribution in [0.15, 0.2) is 45.5 Å². The van der Waals surface area contributed by atoms with Gasteiger partial charge in [0.15, 0.2) is 0 Å². The van der Waals surface area contributed by atoms with Crippen LogP contribution in [0.25, 0.3) is 22.3 Å². The van der Waals surface area contributed by atoms with Gasteiger partial charge in [0, 0.05) is 5.39 Å². The maximum atomic E-state index is 5.58. The summed E-state index contributed by atoms with van der Waals surface area (Å²) in [6, 6.07) is 9.77. The van der Waals surface area contributed by atoms with Crippen molar-refractivity contribution in [2.75, 3.05) is 0 Å². The zero-order valence-electron chi connectivity index (χ0n) is 7.23. The van der Waals surface area contributed by atoms with Crippen molar-refractivity contribution in [2.24, 2.45) is 0 Å². The third-order valence-corrected chi connectivity index (χ3v) is 2.08. The molecule has 0 bridgehead atoms. The lowest BCUT2D eigenvalue weighted by Gasteiger charge is -1.84. The van der Waals surface area contributed by atoms with Crippen LogP contribution in [0.4, 0.5) is 0 Å². The predicted molar refractivity (Wildman–Crippen MR) is 50.5 cm³/mol. The molecule has 0 aliphatic heterocycles. The molecule has 0 fully saturated rings. The summed E-state index contributed by atoms with van der Waals surface area (Å²) in [5.41, 5.74) is 1.60. The summed E-state index contributed by atoms with van der Waals surface area (Å²) in [4.78, 5) is 0. The van der Waals surface area contributed by atoms with Gasteiger partial charge >= 0.3 is 0 Å². The van der Waals surface area contributed by atoms with E-state index in [-0.39, 0.29) is 0 Å². The average Bonchev–Trinajstić information content (AvgIpc) is 2.86. The molecule has 3 nitrogen and oxygen atoms in total. The molecule has 2 heterocycles. The summed E-state index contributed by atoms with van der Waals surface area (Å²) in [5, 5.41) is 4.58. The Hall–Kier alpha value is -2.03. The largest absolute Gasteiger partial charge is 0.456 e. The van der Waals surface area contributed by atoms with E-state index in [0.29, 0.717) is 0 Å². The Balaban J connectivity index is 2.24. The van der Waals surface area contributed by atoms with Gasteiger partial charge in [0.1, 0.15) is 23.8 Å². The zero-order valence-corrected chi connectivity index (χ0v) is 7.23. The lowest BCUT2D eigenvalue weighted by atomic mass is 10.2. The summed E-state index contributed by atoms with van der Waals surface area (Å²) >= 11 is 0. The molecule has 0 aliphatic rings. The van der Waals surface area contributed by atoms with E-state index in [2.05, 4.69) is 11.4 Å². The third-order valence-electron chi connectivity index (χ3n) is 2.08. The molecule has 0 unspecified atom stereocenters. The Labute approximate surface area is 79.9 Å². The first kappa shape index (κ1) is 7.38. The summed E-state index contributed by atoms with van der Waals surface area (Å²) in [6.07, 6.45) is 4.22. The fourth-order valence-electron chi connectivity index (χ4n) is 1.41. The predicted octanol–water partition coefficient (Wildman–Crippen LogP) is 2.89. The minimum absolute atomic E-state index is 0.729. The number of benzene rings is 1. The molecule has 67 valence electrons. The minimum atomic E-state index is 0.729. The van der Waals surface area contributed by atoms with Crippen molar-refractivity contribution in [2.45, 2.75) is 0 Å². The molecule has 2 aromatic heterocycles. The van der Waals surface area contributed by atoms with E-state index in [1.54, 1.807) is 0 Å². The number of para-hydroxylation sites is 1. The molecule has 3 rings (SSSR count). The second-order valence-corrected chi connectivity index (χ2v) is 2.99. The summed E-state index contributed by atoms with van der Waals surface area (Å²) < 4.78 is 10.3. The number of rotatable bonds is 1. The molecular weight excluding hydrogens is 178 g/mol. The fourth-order valence-corrected chi connectivity index (χ4v) is 1.41. The third kappa shape index (κ3) is 1.03. The van der Waals surface area contributed by atoms with Crippen LogP contribution in [0, 0.1) is 6.20 Å². The lowest BCUT2D eigenvalue weighted by Crippen LogP contribution is -1.63. The van der Waals surface area contributed by atoms with Crippen LogP contribution in [-0.4, -0.2) is 5.16 Å². The fraction of sp³-hybridized carbons (Fsp3) is 0. The number of furan rings is 1. The van der Waals surface area contributed by atoms with Gasteiger partial charge in [-0.15, -0.1) is 0 Å². The Morgan fingerprint density at radius 3 is 2.93 bits per heavy atom. The van der Waals surface area contributed by atoms with Crippen LogP contribution in [0.3, 0.4) is 0 Å². The molecule has 0 aliphatic carbocycles. The lowest BCUT2D eigenvalue weighted by molar-refractivity contribution is 0.418. The molecule has 0 amide bonds. The topological polar surface area (TPSA) is 39.2 Å². The minimum Gasteiger partial charge on any atom is -0.456 e. The molecule has 0 N–H and O–H groups in total. The highest BCUT2D eigenvalue weighted by atomic mass is 16.5. The zero-order chi connectivity index (χ0) is 9.38. The van der Waals surface area contributed by atoms with Gasteiger partial charge in [-0.25, -0.2) is 0 Å². The van der Waals surface area contributed by atoms with Crippen LogP contribution in [0.2, 0.25) is 0 Å². The van der Waals surface area contributed by atoms with Crippen LogP contribution in [0.5, 0.6) is 0 Å². The standard InChI is InChI=1S/C11H6NO2/c1-2-4-10-8(3-1)5-11(14-10)9-6-12-13-7-9/h1-5,7H. The molecule has 0 spiro atoms. The number of fused-ring (bicyclic) bond motifs is 1. The molecule has 0 saturated carbocycles. The Morgan fingerprint density at radius 1 is 1.21 bits per heavy atom. The molecule has 3 aromatic rings. The molecule has 0 saturated heterocycles. The van der Waals surface area contributed by atoms with Crippen molar-refractivity contribution in [1.82, 2.24) is 5.16 Å². The van der Waals surface area contributed by atoms with E-state index >= 15 is 0 Å². The molecule has 0 atom stereocenters. The first-order valence-corrected chi connectivity index (χ1v) is 4.24. The van der Waals surface area contributed by atoms with Gasteiger partial charge in [0.25, 0.3) is 0 Å². The second kappa shape index (κ2) is 2.73. The summed E-state index contributed by atoms with van der Waals surface area (Å²) in [7, 11) is 0. The van der Waals surface area contributed by atoms with Crippen LogP contribution >= 0.6 is 0 Å². The van der Waals surface area contributed by atoms with E-state index in [0.717, 1.165) is 22.3 Å². The van der Waals surface area contributed by atoms with Crippen molar-refractivity contribution in [1.29, 1.82) is 0 Å². The van der Waals surface area contributed by atoms with Crippen LogP contribution in [0.1, 0.15) is 0 Å². The molecule has 1 aromatic carbocycles. The van der Waals surface area contributed by atoms with Crippen molar-refractivity contribution >= 4 is 11.0 Å². The van der Waals surface area contributed by atoms with E-state index in [4.69, 9.17) is 8.94 Å². The maximum absolute atomic E-state index is 5.58. The highest BCUT2D eigenvalue weighted by Crippen LogP contribution is 2.26. The first-order valence-electron chi connectivity index (χ1n) is 4.24. The smallest absolute Gasteiger partial charge is 0.147 e. The van der Waals surface area contributed by atoms with E-state index < -0.39 is 0 Å². The van der Waals surface area contributed by atoms with E-state index in [9.17, 15) is 0 Å². The van der Waals surface area contributed by atoms with Gasteiger partial charge in [-0.3, -0.25) is 0 Å². The number of aromatic nitrogens is 1. The molecule has 3 heteroatoms. The Bertz CT molecular complexity index is 518. The highest BCUT2D eigenvalue weighted by Gasteiger charge is 2.07. The SMILES string of the molecule is [c]1nocc1-c1cc2ccccc2o1. The maximum Gasteiger partial charge on any atom is 0.147 e. The van der Waals surface area contributed by atoms with E-state index in [1.165, 1.54) is 6.26 Å². The average molecular weight is 184 g/mol. The van der Waals surface area contributed by atoms with Crippen molar-refractivity contribution in [3.8, 4) is 11.3 Å². The van der Waals surface area contributed by atoms with Gasteiger partial charge in [-0.1, -0.05) is 23.4 Å². The van der Waals surface area contributed by atoms with Gasteiger partial charge in [-0.2, -0.15) is 0 Å². The number of hydrogen-bond acceptors (Lipinski definition) is 3. The van der Waals surface area contributed by atoms with Gasteiger partial charge in [0.05, 0.1) is 5.56 Å². The van der Waals surface area contributed by atoms with E-state index in [1.807, 2.05) is 30.3 Å². The Morgan fingerprint density at radius 2 is 2.14 bits per heavy atom. The monoisotopic (exact) mass is 184 g/mol. The van der Waals surface area contributed by atoms with Crippen LogP contribution < -0.4 is 0 Å². The molecular formula is C11H6NO2.